The molecule has 1 unspecified atom stereocenters. The second kappa shape index (κ2) is 9.18. The standard InChI is InChI=1S/C24H25FN4O3/c1-4-24(18-7-9-19(25)10-8-18)22(31)29(23(32)27-24)15-21(30)28(13-5-12-26)20-11-6-16(2)17(3)14-20/h6-11,14H,4-5,13,15H2,1-3H3,(H,27,32). The van der Waals surface area contributed by atoms with Gasteiger partial charge in [-0.1, -0.05) is 25.1 Å². The van der Waals surface area contributed by atoms with Crippen molar-refractivity contribution in [2.45, 2.75) is 39.2 Å². The van der Waals surface area contributed by atoms with Gasteiger partial charge in [-0.25, -0.2) is 9.18 Å². The van der Waals surface area contributed by atoms with Crippen LogP contribution in [0.25, 0.3) is 0 Å². The molecule has 0 saturated carbocycles. The summed E-state index contributed by atoms with van der Waals surface area (Å²) in [5.41, 5.74) is 1.73. The quantitative estimate of drug-likeness (QED) is 0.672. The molecule has 4 amide bonds. The molecule has 0 radical (unpaired) electrons. The predicted octanol–water partition coefficient (Wildman–Crippen LogP) is 3.55. The van der Waals surface area contributed by atoms with Gasteiger partial charge in [0.15, 0.2) is 0 Å². The minimum atomic E-state index is -1.36. The normalized spacial score (nSPS) is 17.8. The van der Waals surface area contributed by atoms with Gasteiger partial charge in [0.25, 0.3) is 5.91 Å². The van der Waals surface area contributed by atoms with E-state index in [9.17, 15) is 18.8 Å². The van der Waals surface area contributed by atoms with E-state index in [1.54, 1.807) is 13.0 Å². The zero-order valence-corrected chi connectivity index (χ0v) is 18.3. The average molecular weight is 436 g/mol. The Morgan fingerprint density at radius 1 is 1.16 bits per heavy atom. The van der Waals surface area contributed by atoms with Crippen LogP contribution in [-0.2, 0) is 15.1 Å². The summed E-state index contributed by atoms with van der Waals surface area (Å²) in [4.78, 5) is 41.5. The smallest absolute Gasteiger partial charge is 0.319 e. The number of amides is 4. The van der Waals surface area contributed by atoms with Crippen molar-refractivity contribution in [1.29, 1.82) is 5.26 Å². The van der Waals surface area contributed by atoms with Crippen LogP contribution >= 0.6 is 0 Å². The molecule has 2 aromatic carbocycles. The fourth-order valence-electron chi connectivity index (χ4n) is 3.82. The highest BCUT2D eigenvalue weighted by molar-refractivity contribution is 6.10. The first kappa shape index (κ1) is 22.9. The van der Waals surface area contributed by atoms with Crippen LogP contribution in [0, 0.1) is 31.0 Å². The third kappa shape index (κ3) is 4.19. The van der Waals surface area contributed by atoms with Crippen LogP contribution in [0.2, 0.25) is 0 Å². The first-order valence-corrected chi connectivity index (χ1v) is 10.4. The lowest BCUT2D eigenvalue weighted by molar-refractivity contribution is -0.134. The molecule has 0 bridgehead atoms. The molecule has 1 fully saturated rings. The molecule has 1 aliphatic rings. The molecule has 1 aliphatic heterocycles. The van der Waals surface area contributed by atoms with Crippen LogP contribution in [0.3, 0.4) is 0 Å². The van der Waals surface area contributed by atoms with Gasteiger partial charge >= 0.3 is 6.03 Å². The SMILES string of the molecule is CCC1(c2ccc(F)cc2)NC(=O)N(CC(=O)N(CCC#N)c2ccc(C)c(C)c2)C1=O. The van der Waals surface area contributed by atoms with Gasteiger partial charge < -0.3 is 10.2 Å². The third-order valence-corrected chi connectivity index (χ3v) is 5.89. The monoisotopic (exact) mass is 436 g/mol. The number of urea groups is 1. The predicted molar refractivity (Wildman–Crippen MR) is 117 cm³/mol. The lowest BCUT2D eigenvalue weighted by atomic mass is 9.87. The number of nitriles is 1. The van der Waals surface area contributed by atoms with Gasteiger partial charge in [0.2, 0.25) is 5.91 Å². The summed E-state index contributed by atoms with van der Waals surface area (Å²) >= 11 is 0. The molecule has 1 heterocycles. The molecule has 7 nitrogen and oxygen atoms in total. The van der Waals surface area contributed by atoms with Gasteiger partial charge in [0, 0.05) is 12.2 Å². The minimum absolute atomic E-state index is 0.104. The number of benzene rings is 2. The fraction of sp³-hybridized carbons (Fsp3) is 0.333. The second-order valence-corrected chi connectivity index (χ2v) is 7.81. The van der Waals surface area contributed by atoms with Crippen LogP contribution in [0.5, 0.6) is 0 Å². The third-order valence-electron chi connectivity index (χ3n) is 5.89. The molecule has 2 aromatic rings. The maximum Gasteiger partial charge on any atom is 0.325 e. The van der Waals surface area contributed by atoms with E-state index < -0.39 is 35.7 Å². The first-order valence-electron chi connectivity index (χ1n) is 10.4. The highest BCUT2D eigenvalue weighted by atomic mass is 19.1. The lowest BCUT2D eigenvalue weighted by Crippen LogP contribution is -2.46. The maximum absolute atomic E-state index is 13.4. The van der Waals surface area contributed by atoms with Crippen molar-refractivity contribution in [1.82, 2.24) is 10.2 Å². The zero-order chi connectivity index (χ0) is 23.5. The van der Waals surface area contributed by atoms with E-state index in [1.807, 2.05) is 32.0 Å². The number of anilines is 1. The number of imide groups is 1. The molecular weight excluding hydrogens is 411 g/mol. The van der Waals surface area contributed by atoms with E-state index in [-0.39, 0.29) is 19.4 Å². The van der Waals surface area contributed by atoms with E-state index in [0.717, 1.165) is 16.0 Å². The summed E-state index contributed by atoms with van der Waals surface area (Å²) in [6, 6.07) is 12.2. The number of hydrogen-bond donors (Lipinski definition) is 1. The number of rotatable bonds is 7. The van der Waals surface area contributed by atoms with Gasteiger partial charge in [-0.3, -0.25) is 14.5 Å². The number of carbonyl (C=O) groups excluding carboxylic acids is 3. The summed E-state index contributed by atoms with van der Waals surface area (Å²) in [6.45, 7) is 5.28. The summed E-state index contributed by atoms with van der Waals surface area (Å²) in [6.07, 6.45) is 0.344. The van der Waals surface area contributed by atoms with Crippen molar-refractivity contribution in [3.63, 3.8) is 0 Å². The van der Waals surface area contributed by atoms with Gasteiger partial charge in [-0.05, 0) is 61.2 Å². The number of halogens is 1. The molecule has 32 heavy (non-hydrogen) atoms. The van der Waals surface area contributed by atoms with Crippen LogP contribution < -0.4 is 10.2 Å². The Hall–Kier alpha value is -3.73. The molecule has 3 rings (SSSR count). The Morgan fingerprint density at radius 3 is 2.44 bits per heavy atom. The molecule has 1 saturated heterocycles. The van der Waals surface area contributed by atoms with Crippen LogP contribution in [0.4, 0.5) is 14.9 Å². The molecule has 0 spiro atoms. The summed E-state index contributed by atoms with van der Waals surface area (Å²) in [5.74, 6) is -1.49. The maximum atomic E-state index is 13.4. The minimum Gasteiger partial charge on any atom is -0.319 e. The van der Waals surface area contributed by atoms with Crippen LogP contribution in [0.15, 0.2) is 42.5 Å². The zero-order valence-electron chi connectivity index (χ0n) is 18.3. The van der Waals surface area contributed by atoms with Crippen molar-refractivity contribution >= 4 is 23.5 Å². The first-order chi connectivity index (χ1) is 15.2. The van der Waals surface area contributed by atoms with E-state index in [1.165, 1.54) is 29.2 Å². The van der Waals surface area contributed by atoms with E-state index in [4.69, 9.17) is 5.26 Å². The molecule has 0 aliphatic carbocycles. The van der Waals surface area contributed by atoms with Gasteiger partial charge in [0.1, 0.15) is 17.9 Å². The van der Waals surface area contributed by atoms with E-state index in [0.29, 0.717) is 11.3 Å². The van der Waals surface area contributed by atoms with Gasteiger partial charge in [-0.2, -0.15) is 5.26 Å². The number of hydrogen-bond acceptors (Lipinski definition) is 4. The molecule has 1 atom stereocenters. The molecule has 0 aromatic heterocycles. The molecule has 166 valence electrons. The van der Waals surface area contributed by atoms with Gasteiger partial charge in [0.05, 0.1) is 12.5 Å². The summed E-state index contributed by atoms with van der Waals surface area (Å²) < 4.78 is 13.4. The summed E-state index contributed by atoms with van der Waals surface area (Å²) in [5, 5.41) is 11.7. The van der Waals surface area contributed by atoms with Crippen molar-refractivity contribution in [2.75, 3.05) is 18.0 Å². The molecule has 8 heteroatoms. The van der Waals surface area contributed by atoms with Crippen molar-refractivity contribution in [2.24, 2.45) is 0 Å². The van der Waals surface area contributed by atoms with Crippen LogP contribution in [0.1, 0.15) is 36.5 Å². The highest BCUT2D eigenvalue weighted by Crippen LogP contribution is 2.32. The Labute approximate surface area is 186 Å². The number of carbonyl (C=O) groups is 3. The summed E-state index contributed by atoms with van der Waals surface area (Å²) in [7, 11) is 0. The number of nitrogens with zero attached hydrogens (tertiary/aromatic N) is 3. The van der Waals surface area contributed by atoms with E-state index >= 15 is 0 Å². The Balaban J connectivity index is 1.88. The van der Waals surface area contributed by atoms with Gasteiger partial charge in [-0.15, -0.1) is 0 Å². The Bertz CT molecular complexity index is 1090. The van der Waals surface area contributed by atoms with E-state index in [2.05, 4.69) is 5.32 Å². The lowest BCUT2D eigenvalue weighted by Gasteiger charge is -2.27. The van der Waals surface area contributed by atoms with Crippen molar-refractivity contribution < 1.29 is 18.8 Å². The van der Waals surface area contributed by atoms with Crippen LogP contribution in [-0.4, -0.2) is 35.8 Å². The average Bonchev–Trinajstić information content (AvgIpc) is 3.02. The van der Waals surface area contributed by atoms with Crippen molar-refractivity contribution in [3.05, 3.63) is 65.0 Å². The Morgan fingerprint density at radius 2 is 1.84 bits per heavy atom. The highest BCUT2D eigenvalue weighted by Gasteiger charge is 2.51. The number of aryl methyl sites for hydroxylation is 2. The second-order valence-electron chi connectivity index (χ2n) is 7.81. The number of nitrogens with one attached hydrogen (secondary N) is 1. The largest absolute Gasteiger partial charge is 0.325 e. The fourth-order valence-corrected chi connectivity index (χ4v) is 3.82. The Kier molecular flexibility index (Phi) is 6.58. The van der Waals surface area contributed by atoms with Crippen molar-refractivity contribution in [3.8, 4) is 6.07 Å². The molecule has 1 N–H and O–H groups in total. The topological polar surface area (TPSA) is 93.5 Å². The molecular formula is C24H25FN4O3.